The summed E-state index contributed by atoms with van der Waals surface area (Å²) in [4.78, 5) is 16.4. The molecule has 0 radical (unpaired) electrons. The summed E-state index contributed by atoms with van der Waals surface area (Å²) < 4.78 is 5.61. The fourth-order valence-electron chi connectivity index (χ4n) is 2.53. The number of nitrogens with one attached hydrogen (secondary N) is 1. The van der Waals surface area contributed by atoms with Gasteiger partial charge in [-0.25, -0.2) is 4.98 Å². The van der Waals surface area contributed by atoms with Crippen molar-refractivity contribution >= 4 is 23.2 Å². The molecule has 1 aliphatic carbocycles. The molecule has 2 rings (SSSR count). The fourth-order valence-corrected chi connectivity index (χ4v) is 2.70. The van der Waals surface area contributed by atoms with E-state index in [-0.39, 0.29) is 17.2 Å². The molecule has 1 aliphatic rings. The molecule has 2 unspecified atom stereocenters. The Morgan fingerprint density at radius 2 is 2.35 bits per heavy atom. The van der Waals surface area contributed by atoms with E-state index in [9.17, 15) is 4.79 Å². The number of ether oxygens (including phenoxy) is 1. The molecule has 3 N–H and O–H groups in total. The summed E-state index contributed by atoms with van der Waals surface area (Å²) in [5.74, 6) is -0.256. The topological polar surface area (TPSA) is 77.2 Å². The Labute approximate surface area is 123 Å². The second kappa shape index (κ2) is 5.31. The Morgan fingerprint density at radius 3 is 2.90 bits per heavy atom. The lowest BCUT2D eigenvalue weighted by molar-refractivity contribution is -0.166. The molecule has 6 heteroatoms. The lowest BCUT2D eigenvalue weighted by atomic mass is 9.54. The van der Waals surface area contributed by atoms with Gasteiger partial charge in [-0.3, -0.25) is 4.79 Å². The third-order valence-electron chi connectivity index (χ3n) is 4.24. The summed E-state index contributed by atoms with van der Waals surface area (Å²) in [7, 11) is 0. The van der Waals surface area contributed by atoms with Crippen LogP contribution in [-0.4, -0.2) is 29.1 Å². The monoisotopic (exact) mass is 297 g/mol. The highest BCUT2D eigenvalue weighted by molar-refractivity contribution is 6.32. The quantitative estimate of drug-likeness (QED) is 0.835. The summed E-state index contributed by atoms with van der Waals surface area (Å²) in [6.45, 7) is 6.44. The summed E-state index contributed by atoms with van der Waals surface area (Å²) >= 11 is 5.94. The average molecular weight is 298 g/mol. The van der Waals surface area contributed by atoms with Gasteiger partial charge in [0.25, 0.3) is 0 Å². The summed E-state index contributed by atoms with van der Waals surface area (Å²) in [6.07, 6.45) is 2.05. The number of amides is 1. The minimum atomic E-state index is -0.966. The number of nitrogens with two attached hydrogens (primary N) is 1. The predicted molar refractivity (Wildman–Crippen MR) is 78.6 cm³/mol. The van der Waals surface area contributed by atoms with E-state index in [1.54, 1.807) is 18.3 Å². The van der Waals surface area contributed by atoms with Crippen LogP contribution in [0.4, 0.5) is 5.69 Å². The molecule has 5 nitrogen and oxygen atoms in total. The molecular formula is C14H20ClN3O2. The van der Waals surface area contributed by atoms with Crippen molar-refractivity contribution in [3.63, 3.8) is 0 Å². The molecule has 20 heavy (non-hydrogen) atoms. The molecule has 1 amide bonds. The van der Waals surface area contributed by atoms with Gasteiger partial charge in [-0.2, -0.15) is 0 Å². The number of nitrogens with zero attached hydrogens (tertiary/aromatic N) is 1. The number of pyridine rings is 1. The maximum atomic E-state index is 12.5. The zero-order valence-corrected chi connectivity index (χ0v) is 12.7. The van der Waals surface area contributed by atoms with Gasteiger partial charge in [-0.1, -0.05) is 25.4 Å². The van der Waals surface area contributed by atoms with Crippen LogP contribution < -0.4 is 11.1 Å². The molecule has 0 saturated heterocycles. The lowest BCUT2D eigenvalue weighted by Crippen LogP contribution is -2.74. The van der Waals surface area contributed by atoms with Crippen molar-refractivity contribution in [1.29, 1.82) is 0 Å². The third kappa shape index (κ3) is 2.30. The first-order valence-electron chi connectivity index (χ1n) is 6.65. The zero-order valence-electron chi connectivity index (χ0n) is 11.9. The summed E-state index contributed by atoms with van der Waals surface area (Å²) in [5.41, 5.74) is 5.36. The van der Waals surface area contributed by atoms with Gasteiger partial charge in [0.1, 0.15) is 5.54 Å². The van der Waals surface area contributed by atoms with E-state index >= 15 is 0 Å². The van der Waals surface area contributed by atoms with E-state index in [1.807, 2.05) is 20.8 Å². The van der Waals surface area contributed by atoms with Crippen molar-refractivity contribution in [2.45, 2.75) is 38.8 Å². The summed E-state index contributed by atoms with van der Waals surface area (Å²) in [5, 5.41) is 3.01. The molecule has 0 aromatic carbocycles. The van der Waals surface area contributed by atoms with Crippen LogP contribution in [0.25, 0.3) is 0 Å². The minimum Gasteiger partial charge on any atom is -0.378 e. The van der Waals surface area contributed by atoms with Crippen molar-refractivity contribution in [2.24, 2.45) is 11.1 Å². The number of carbonyl (C=O) groups is 1. The number of aromatic nitrogens is 1. The van der Waals surface area contributed by atoms with Gasteiger partial charge >= 0.3 is 0 Å². The fraction of sp³-hybridized carbons (Fsp3) is 0.571. The lowest BCUT2D eigenvalue weighted by Gasteiger charge is -2.57. The highest BCUT2D eigenvalue weighted by Gasteiger charge is 2.62. The van der Waals surface area contributed by atoms with E-state index in [1.165, 1.54) is 0 Å². The van der Waals surface area contributed by atoms with Gasteiger partial charge in [0.15, 0.2) is 5.15 Å². The van der Waals surface area contributed by atoms with Crippen LogP contribution in [0, 0.1) is 5.41 Å². The molecule has 1 aromatic heterocycles. The molecular weight excluding hydrogens is 278 g/mol. The molecule has 0 bridgehead atoms. The highest BCUT2D eigenvalue weighted by atomic mass is 35.5. The van der Waals surface area contributed by atoms with E-state index in [0.29, 0.717) is 18.7 Å². The highest BCUT2D eigenvalue weighted by Crippen LogP contribution is 2.50. The third-order valence-corrected chi connectivity index (χ3v) is 4.54. The number of halogens is 1. The Morgan fingerprint density at radius 1 is 1.65 bits per heavy atom. The minimum absolute atomic E-state index is 0.00683. The number of hydrogen-bond donors (Lipinski definition) is 2. The second-order valence-corrected chi connectivity index (χ2v) is 6.00. The number of rotatable bonds is 4. The first-order valence-corrected chi connectivity index (χ1v) is 7.03. The second-order valence-electron chi connectivity index (χ2n) is 5.64. The van der Waals surface area contributed by atoms with Gasteiger partial charge in [0, 0.05) is 24.6 Å². The van der Waals surface area contributed by atoms with Gasteiger partial charge in [-0.05, 0) is 19.1 Å². The van der Waals surface area contributed by atoms with Crippen LogP contribution in [0.1, 0.15) is 27.2 Å². The Kier molecular flexibility index (Phi) is 4.04. The average Bonchev–Trinajstić information content (AvgIpc) is 2.40. The van der Waals surface area contributed by atoms with Crippen molar-refractivity contribution in [2.75, 3.05) is 11.9 Å². The number of anilines is 1. The van der Waals surface area contributed by atoms with E-state index < -0.39 is 11.0 Å². The Balaban J connectivity index is 2.12. The van der Waals surface area contributed by atoms with E-state index in [0.717, 1.165) is 0 Å². The van der Waals surface area contributed by atoms with E-state index in [4.69, 9.17) is 22.1 Å². The van der Waals surface area contributed by atoms with Crippen molar-refractivity contribution in [3.8, 4) is 0 Å². The van der Waals surface area contributed by atoms with Crippen molar-refractivity contribution in [1.82, 2.24) is 4.98 Å². The molecule has 1 fully saturated rings. The molecule has 0 spiro atoms. The molecule has 2 atom stereocenters. The molecule has 110 valence electrons. The molecule has 1 heterocycles. The van der Waals surface area contributed by atoms with Crippen LogP contribution in [0.15, 0.2) is 18.3 Å². The van der Waals surface area contributed by atoms with Gasteiger partial charge in [0.2, 0.25) is 5.91 Å². The normalized spacial score (nSPS) is 27.8. The first kappa shape index (κ1) is 15.2. The SMILES string of the molecule is CCOC1CC(N)(C(=O)Nc2cccnc2Cl)C1(C)C. The Bertz CT molecular complexity index is 521. The standard InChI is InChI=1S/C14H20ClN3O2/c1-4-20-10-8-14(16,13(10,2)3)12(19)18-9-6-5-7-17-11(9)15/h5-7,10H,4,8,16H2,1-3H3,(H,18,19). The first-order chi connectivity index (χ1) is 9.33. The molecule has 0 aliphatic heterocycles. The van der Waals surface area contributed by atoms with Crippen molar-refractivity contribution in [3.05, 3.63) is 23.5 Å². The molecule has 1 aromatic rings. The van der Waals surface area contributed by atoms with Crippen LogP contribution in [0.3, 0.4) is 0 Å². The largest absolute Gasteiger partial charge is 0.378 e. The van der Waals surface area contributed by atoms with E-state index in [2.05, 4.69) is 10.3 Å². The maximum absolute atomic E-state index is 12.5. The van der Waals surface area contributed by atoms with Crippen LogP contribution in [0.2, 0.25) is 5.15 Å². The smallest absolute Gasteiger partial charge is 0.245 e. The number of carbonyl (C=O) groups excluding carboxylic acids is 1. The number of hydrogen-bond acceptors (Lipinski definition) is 4. The molecule has 1 saturated carbocycles. The van der Waals surface area contributed by atoms with Crippen LogP contribution in [-0.2, 0) is 9.53 Å². The van der Waals surface area contributed by atoms with Crippen LogP contribution in [0.5, 0.6) is 0 Å². The Hall–Kier alpha value is -1.17. The zero-order chi connectivity index (χ0) is 15.0. The van der Waals surface area contributed by atoms with Gasteiger partial charge < -0.3 is 15.8 Å². The van der Waals surface area contributed by atoms with Gasteiger partial charge in [-0.15, -0.1) is 0 Å². The van der Waals surface area contributed by atoms with Gasteiger partial charge in [0.05, 0.1) is 11.8 Å². The van der Waals surface area contributed by atoms with Crippen LogP contribution >= 0.6 is 11.6 Å². The maximum Gasteiger partial charge on any atom is 0.245 e. The predicted octanol–water partition coefficient (Wildman–Crippen LogP) is 2.21. The summed E-state index contributed by atoms with van der Waals surface area (Å²) in [6, 6.07) is 3.40. The van der Waals surface area contributed by atoms with Crippen molar-refractivity contribution < 1.29 is 9.53 Å².